The van der Waals surface area contributed by atoms with Crippen molar-refractivity contribution >= 4 is 23.6 Å². The van der Waals surface area contributed by atoms with E-state index in [9.17, 15) is 15.0 Å². The monoisotopic (exact) mass is 847 g/mol. The lowest BCUT2D eigenvalue weighted by molar-refractivity contribution is -0.223. The molecule has 0 bridgehead atoms. The third kappa shape index (κ3) is 13.3. The van der Waals surface area contributed by atoms with Crippen LogP contribution < -0.4 is 14.8 Å². The number of thioether (sulfide) groups is 1. The zero-order chi connectivity index (χ0) is 42.8. The molecule has 60 heavy (non-hydrogen) atoms. The molecule has 0 aromatic heterocycles. The number of oxime groups is 1. The van der Waals surface area contributed by atoms with Crippen LogP contribution in [0.4, 0.5) is 4.79 Å². The van der Waals surface area contributed by atoms with Crippen molar-refractivity contribution in [3.8, 4) is 11.5 Å². The molecule has 3 aliphatic rings. The number of carbonyl (C=O) groups excluding carboxylic acids is 1. The number of aliphatic hydroxyl groups is 2. The van der Waals surface area contributed by atoms with Gasteiger partial charge in [0.2, 0.25) is 5.79 Å². The molecule has 3 N–H and O–H groups in total. The largest absolute Gasteiger partial charge is 0.460 e. The molecule has 1 amide bonds. The van der Waals surface area contributed by atoms with Crippen molar-refractivity contribution in [3.05, 3.63) is 78.4 Å². The molecule has 0 spiro atoms. The molecule has 5 rings (SSSR count). The SMILES string of the molecule is C=CCOC12Oc3ccc(OC(=O)NCCCCCCCCCCCC)cc3C3C(CCCCO)C(CCCCO)C=C(C(=NOC(C)(C)C)CC1Sc1ccccc1)C32. The lowest BCUT2D eigenvalue weighted by Crippen LogP contribution is -2.64. The Morgan fingerprint density at radius 2 is 1.62 bits per heavy atom. The first-order valence-electron chi connectivity index (χ1n) is 23.1. The van der Waals surface area contributed by atoms with Gasteiger partial charge in [-0.3, -0.25) is 0 Å². The summed E-state index contributed by atoms with van der Waals surface area (Å²) in [6, 6.07) is 16.1. The van der Waals surface area contributed by atoms with E-state index in [1.54, 1.807) is 17.8 Å². The lowest BCUT2D eigenvalue weighted by atomic mass is 9.56. The van der Waals surface area contributed by atoms with Crippen LogP contribution in [0.5, 0.6) is 11.5 Å². The van der Waals surface area contributed by atoms with E-state index in [0.717, 1.165) is 66.7 Å². The molecule has 6 atom stereocenters. The highest BCUT2D eigenvalue weighted by Gasteiger charge is 2.64. The number of benzene rings is 2. The number of ether oxygens (including phenoxy) is 3. The Labute approximate surface area is 365 Å². The molecule has 1 saturated carbocycles. The lowest BCUT2D eigenvalue weighted by Gasteiger charge is -2.58. The zero-order valence-corrected chi connectivity index (χ0v) is 37.8. The second kappa shape index (κ2) is 24.4. The molecule has 1 fully saturated rings. The van der Waals surface area contributed by atoms with E-state index in [4.69, 9.17) is 24.2 Å². The smallest absolute Gasteiger partial charge is 0.412 e. The summed E-state index contributed by atoms with van der Waals surface area (Å²) in [6.45, 7) is 13.5. The zero-order valence-electron chi connectivity index (χ0n) is 37.0. The molecule has 1 aliphatic heterocycles. The van der Waals surface area contributed by atoms with Crippen molar-refractivity contribution in [3.63, 3.8) is 0 Å². The molecule has 0 saturated heterocycles. The summed E-state index contributed by atoms with van der Waals surface area (Å²) in [7, 11) is 0. The van der Waals surface area contributed by atoms with Gasteiger partial charge in [-0.05, 0) is 101 Å². The molecule has 2 aliphatic carbocycles. The van der Waals surface area contributed by atoms with E-state index < -0.39 is 17.5 Å². The van der Waals surface area contributed by atoms with Crippen LogP contribution in [0, 0.1) is 17.8 Å². The summed E-state index contributed by atoms with van der Waals surface area (Å²) < 4.78 is 20.3. The topological polar surface area (TPSA) is 119 Å². The van der Waals surface area contributed by atoms with Crippen LogP contribution in [0.3, 0.4) is 0 Å². The van der Waals surface area contributed by atoms with E-state index in [0.29, 0.717) is 30.9 Å². The number of nitrogens with one attached hydrogen (secondary N) is 1. The van der Waals surface area contributed by atoms with Crippen LogP contribution in [-0.4, -0.2) is 65.0 Å². The van der Waals surface area contributed by atoms with Crippen molar-refractivity contribution in [2.75, 3.05) is 26.4 Å². The van der Waals surface area contributed by atoms with Gasteiger partial charge >= 0.3 is 6.09 Å². The summed E-state index contributed by atoms with van der Waals surface area (Å²) in [5.74, 6) is -0.00411. The van der Waals surface area contributed by atoms with E-state index in [2.05, 4.69) is 49.2 Å². The van der Waals surface area contributed by atoms with Gasteiger partial charge in [0.1, 0.15) is 17.1 Å². The van der Waals surface area contributed by atoms with Crippen molar-refractivity contribution in [1.82, 2.24) is 5.32 Å². The highest BCUT2D eigenvalue weighted by Crippen LogP contribution is 2.63. The van der Waals surface area contributed by atoms with E-state index >= 15 is 0 Å². The van der Waals surface area contributed by atoms with Gasteiger partial charge in [-0.25, -0.2) is 4.79 Å². The third-order valence-corrected chi connectivity index (χ3v) is 13.4. The van der Waals surface area contributed by atoms with E-state index in [1.807, 2.05) is 45.0 Å². The second-order valence-corrected chi connectivity index (χ2v) is 19.2. The first-order chi connectivity index (χ1) is 29.1. The number of hydrogen-bond donors (Lipinski definition) is 3. The molecular formula is C50H74N2O7S. The minimum Gasteiger partial charge on any atom is -0.460 e. The molecule has 2 aromatic rings. The number of unbranched alkanes of at least 4 members (excludes halogenated alkanes) is 11. The number of fused-ring (bicyclic) bond motifs is 2. The standard InChI is InChI=1S/C50H74N2O7S/c1-6-8-9-10-11-12-13-14-15-21-30-51-48(55)57-38-28-29-44-42(35-38)46-40(27-20-23-32-54)37(24-19-22-31-53)34-41-43(52-59-49(3,4)5)36-45(60-39-25-17-16-18-26-39)50(58-44,47(41)46)56-33-7-2/h7,16-18,25-26,28-29,34-35,37,40,45-47,53-54H,2,6,8-15,19-24,27,30-33,36H2,1,3-5H3,(H,51,55). The van der Waals surface area contributed by atoms with Crippen LogP contribution in [0.15, 0.2) is 82.9 Å². The number of rotatable bonds is 26. The van der Waals surface area contributed by atoms with Gasteiger partial charge in [0, 0.05) is 42.6 Å². The molecule has 9 nitrogen and oxygen atoms in total. The normalized spacial score (nSPS) is 23.9. The Hall–Kier alpha value is -3.31. The highest BCUT2D eigenvalue weighted by molar-refractivity contribution is 8.00. The Morgan fingerprint density at radius 3 is 2.28 bits per heavy atom. The summed E-state index contributed by atoms with van der Waals surface area (Å²) in [5.41, 5.74) is 2.43. The minimum absolute atomic E-state index is 0.103. The van der Waals surface area contributed by atoms with E-state index in [-0.39, 0.29) is 48.7 Å². The number of amides is 1. The van der Waals surface area contributed by atoms with E-state index in [1.165, 1.54) is 51.4 Å². The van der Waals surface area contributed by atoms with Crippen LogP contribution >= 0.6 is 11.8 Å². The fourth-order valence-electron chi connectivity index (χ4n) is 9.29. The quantitative estimate of drug-likeness (QED) is 0.0487. The van der Waals surface area contributed by atoms with Crippen LogP contribution in [0.2, 0.25) is 0 Å². The number of carbonyl (C=O) groups is 1. The van der Waals surface area contributed by atoms with Crippen molar-refractivity contribution < 1.29 is 34.1 Å². The Morgan fingerprint density at radius 1 is 0.933 bits per heavy atom. The maximum absolute atomic E-state index is 13.2. The Bertz CT molecular complexity index is 1680. The molecule has 10 heteroatoms. The number of nitrogens with zero attached hydrogens (tertiary/aromatic N) is 1. The first-order valence-corrected chi connectivity index (χ1v) is 24.0. The maximum atomic E-state index is 13.2. The Kier molecular flexibility index (Phi) is 19.4. The summed E-state index contributed by atoms with van der Waals surface area (Å²) >= 11 is 1.73. The molecular weight excluding hydrogens is 773 g/mol. The van der Waals surface area contributed by atoms with Crippen LogP contribution in [0.1, 0.15) is 148 Å². The van der Waals surface area contributed by atoms with Gasteiger partial charge in [0.15, 0.2) is 0 Å². The van der Waals surface area contributed by atoms with Crippen molar-refractivity contribution in [2.24, 2.45) is 22.9 Å². The van der Waals surface area contributed by atoms with Gasteiger partial charge in [-0.1, -0.05) is 113 Å². The predicted molar refractivity (Wildman–Crippen MR) is 244 cm³/mol. The Balaban J connectivity index is 1.49. The fraction of sp³-hybridized carbons (Fsp3) is 0.640. The molecule has 0 radical (unpaired) electrons. The van der Waals surface area contributed by atoms with Crippen molar-refractivity contribution in [2.45, 2.75) is 164 Å². The second-order valence-electron chi connectivity index (χ2n) is 17.9. The molecule has 332 valence electrons. The first kappa shape index (κ1) is 47.7. The summed E-state index contributed by atoms with van der Waals surface area (Å²) in [4.78, 5) is 20.5. The van der Waals surface area contributed by atoms with Gasteiger partial charge in [0.05, 0.1) is 23.5 Å². The van der Waals surface area contributed by atoms with Gasteiger partial charge in [-0.2, -0.15) is 0 Å². The predicted octanol–water partition coefficient (Wildman–Crippen LogP) is 11.9. The number of allylic oxidation sites excluding steroid dienone is 1. The van der Waals surface area contributed by atoms with Gasteiger partial charge in [0.25, 0.3) is 0 Å². The fourth-order valence-corrected chi connectivity index (χ4v) is 10.6. The highest BCUT2D eigenvalue weighted by atomic mass is 32.2. The summed E-state index contributed by atoms with van der Waals surface area (Å²) in [5, 5.41) is 27.5. The van der Waals surface area contributed by atoms with Crippen LogP contribution in [0.25, 0.3) is 0 Å². The average molecular weight is 847 g/mol. The minimum atomic E-state index is -1.10. The van der Waals surface area contributed by atoms with Gasteiger partial charge in [-0.15, -0.1) is 18.3 Å². The number of hydrogen-bond acceptors (Lipinski definition) is 9. The maximum Gasteiger partial charge on any atom is 0.412 e. The molecule has 1 heterocycles. The van der Waals surface area contributed by atoms with Crippen LogP contribution in [-0.2, 0) is 9.57 Å². The summed E-state index contributed by atoms with van der Waals surface area (Å²) in [6.07, 6.45) is 21.6. The molecule has 6 unspecified atom stereocenters. The van der Waals surface area contributed by atoms with Gasteiger partial charge < -0.3 is 34.6 Å². The third-order valence-electron chi connectivity index (χ3n) is 12.1. The average Bonchev–Trinajstić information content (AvgIpc) is 3.23. The molecule has 2 aromatic carbocycles. The van der Waals surface area contributed by atoms with Crippen molar-refractivity contribution in [1.29, 1.82) is 0 Å². The number of aliphatic hydroxyl groups excluding tert-OH is 2.